The van der Waals surface area contributed by atoms with Gasteiger partial charge in [-0.2, -0.15) is 8.78 Å². The fourth-order valence-corrected chi connectivity index (χ4v) is 3.53. The second kappa shape index (κ2) is 7.88. The molecule has 0 amide bonds. The van der Waals surface area contributed by atoms with Gasteiger partial charge in [-0.25, -0.2) is 4.98 Å². The molecule has 0 N–H and O–H groups in total. The summed E-state index contributed by atoms with van der Waals surface area (Å²) in [5.74, 6) is 0.0626. The molecule has 8 heteroatoms. The third-order valence-electron chi connectivity index (χ3n) is 3.48. The molecule has 2 aromatic carbocycles. The van der Waals surface area contributed by atoms with Crippen molar-refractivity contribution in [2.45, 2.75) is 6.61 Å². The molecule has 26 heavy (non-hydrogen) atoms. The number of benzene rings is 2. The Hall–Kier alpha value is -2.38. The number of thiazole rings is 1. The largest absolute Gasteiger partial charge is 0.493 e. The van der Waals surface area contributed by atoms with Crippen LogP contribution in [0.25, 0.3) is 21.3 Å². The number of aromatic nitrogens is 1. The van der Waals surface area contributed by atoms with Crippen LogP contribution in [-0.2, 0) is 0 Å². The summed E-state index contributed by atoms with van der Waals surface area (Å²) in [6, 6.07) is 10.8. The maximum atomic E-state index is 12.6. The molecule has 0 fully saturated rings. The summed E-state index contributed by atoms with van der Waals surface area (Å²) in [6.45, 7) is -2.99. The van der Waals surface area contributed by atoms with Crippen LogP contribution in [-0.4, -0.2) is 25.8 Å². The smallest absolute Gasteiger partial charge is 0.387 e. The fourth-order valence-electron chi connectivity index (χ4n) is 2.37. The second-order valence-electron chi connectivity index (χ2n) is 5.11. The minimum absolute atomic E-state index is 0.115. The van der Waals surface area contributed by atoms with Crippen LogP contribution in [0.2, 0.25) is 0 Å². The molecule has 0 aliphatic rings. The Balaban J connectivity index is 2.01. The quantitative estimate of drug-likeness (QED) is 0.538. The second-order valence-corrected chi connectivity index (χ2v) is 6.55. The van der Waals surface area contributed by atoms with Crippen LogP contribution in [0.3, 0.4) is 0 Å². The van der Waals surface area contributed by atoms with Crippen LogP contribution in [0.1, 0.15) is 10.6 Å². The van der Waals surface area contributed by atoms with Gasteiger partial charge in [0.2, 0.25) is 5.75 Å². The topological polar surface area (TPSA) is 40.6 Å². The molecule has 0 aliphatic carbocycles. The summed E-state index contributed by atoms with van der Waals surface area (Å²) < 4.78 is 41.0. The number of halogens is 3. The van der Waals surface area contributed by atoms with Gasteiger partial charge in [-0.15, -0.1) is 11.3 Å². The standard InChI is InChI=1S/C18H14ClF2NO3S/c1-23-13-8-10(9-14(24-2)16(13)25-18(20)21)7-11(19)17-22-12-5-3-4-6-15(12)26-17/h3-9,18H,1-2H3/b11-7-. The summed E-state index contributed by atoms with van der Waals surface area (Å²) in [4.78, 5) is 4.48. The third kappa shape index (κ3) is 3.89. The van der Waals surface area contributed by atoms with Gasteiger partial charge in [0.05, 0.1) is 29.5 Å². The van der Waals surface area contributed by atoms with E-state index in [2.05, 4.69) is 9.72 Å². The lowest BCUT2D eigenvalue weighted by Gasteiger charge is -2.14. The normalized spacial score (nSPS) is 11.8. The summed E-state index contributed by atoms with van der Waals surface area (Å²) in [5.41, 5.74) is 1.46. The van der Waals surface area contributed by atoms with Crippen LogP contribution >= 0.6 is 22.9 Å². The van der Waals surface area contributed by atoms with E-state index in [1.165, 1.54) is 37.7 Å². The lowest BCUT2D eigenvalue weighted by atomic mass is 10.1. The molecule has 0 radical (unpaired) electrons. The Morgan fingerprint density at radius 1 is 1.15 bits per heavy atom. The van der Waals surface area contributed by atoms with Crippen LogP contribution < -0.4 is 14.2 Å². The van der Waals surface area contributed by atoms with E-state index in [9.17, 15) is 8.78 Å². The Kier molecular flexibility index (Phi) is 5.58. The number of rotatable bonds is 6. The average molecular weight is 398 g/mol. The van der Waals surface area contributed by atoms with Crippen LogP contribution in [0, 0.1) is 0 Å². The number of fused-ring (bicyclic) bond motifs is 1. The lowest BCUT2D eigenvalue weighted by molar-refractivity contribution is -0.0526. The first-order valence-electron chi connectivity index (χ1n) is 7.45. The molecule has 0 atom stereocenters. The van der Waals surface area contributed by atoms with Gasteiger partial charge in [0.1, 0.15) is 5.01 Å². The summed E-state index contributed by atoms with van der Waals surface area (Å²) in [6.07, 6.45) is 1.66. The molecule has 0 saturated heterocycles. The van der Waals surface area contributed by atoms with Gasteiger partial charge in [-0.05, 0) is 35.9 Å². The first-order chi connectivity index (χ1) is 12.5. The van der Waals surface area contributed by atoms with E-state index in [1.54, 1.807) is 6.08 Å². The monoisotopic (exact) mass is 397 g/mol. The Labute approximate surface area is 157 Å². The summed E-state index contributed by atoms with van der Waals surface area (Å²) in [5, 5.41) is 1.07. The zero-order valence-corrected chi connectivity index (χ0v) is 15.4. The molecule has 3 rings (SSSR count). The van der Waals surface area contributed by atoms with Crippen molar-refractivity contribution in [1.29, 1.82) is 0 Å². The van der Waals surface area contributed by atoms with Crippen molar-refractivity contribution < 1.29 is 23.0 Å². The van der Waals surface area contributed by atoms with E-state index in [1.807, 2.05) is 24.3 Å². The van der Waals surface area contributed by atoms with E-state index in [4.69, 9.17) is 21.1 Å². The van der Waals surface area contributed by atoms with Crippen LogP contribution in [0.15, 0.2) is 36.4 Å². The zero-order valence-electron chi connectivity index (χ0n) is 13.8. The first kappa shape index (κ1) is 18.4. The molecule has 0 aliphatic heterocycles. The minimum Gasteiger partial charge on any atom is -0.493 e. The van der Waals surface area contributed by atoms with Gasteiger partial charge in [0.15, 0.2) is 11.5 Å². The van der Waals surface area contributed by atoms with Crippen molar-refractivity contribution in [2.75, 3.05) is 14.2 Å². The summed E-state index contributed by atoms with van der Waals surface area (Å²) >= 11 is 7.86. The highest BCUT2D eigenvalue weighted by atomic mass is 35.5. The van der Waals surface area contributed by atoms with Gasteiger partial charge in [0.25, 0.3) is 0 Å². The minimum atomic E-state index is -2.99. The maximum Gasteiger partial charge on any atom is 0.387 e. The number of alkyl halides is 2. The van der Waals surface area contributed by atoms with Crippen molar-refractivity contribution in [3.8, 4) is 17.2 Å². The molecule has 1 heterocycles. The Bertz CT molecular complexity index is 901. The summed E-state index contributed by atoms with van der Waals surface area (Å²) in [7, 11) is 2.71. The number of ether oxygens (including phenoxy) is 3. The van der Waals surface area contributed by atoms with Gasteiger partial charge in [0, 0.05) is 0 Å². The van der Waals surface area contributed by atoms with E-state index >= 15 is 0 Å². The molecule has 0 unspecified atom stereocenters. The van der Waals surface area contributed by atoms with Crippen LogP contribution in [0.4, 0.5) is 8.78 Å². The first-order valence-corrected chi connectivity index (χ1v) is 8.65. The van der Waals surface area contributed by atoms with Crippen molar-refractivity contribution in [3.05, 3.63) is 47.0 Å². The molecule has 1 aromatic heterocycles. The molecule has 3 aromatic rings. The highest BCUT2D eigenvalue weighted by Gasteiger charge is 2.18. The Morgan fingerprint density at radius 2 is 1.81 bits per heavy atom. The van der Waals surface area contributed by atoms with Gasteiger partial charge >= 0.3 is 6.61 Å². The SMILES string of the molecule is COc1cc(/C=C(\Cl)c2nc3ccccc3s2)cc(OC)c1OC(F)F. The predicted octanol–water partition coefficient (Wildman–Crippen LogP) is 5.65. The van der Waals surface area contributed by atoms with Gasteiger partial charge < -0.3 is 14.2 Å². The van der Waals surface area contributed by atoms with E-state index in [-0.39, 0.29) is 17.2 Å². The van der Waals surface area contributed by atoms with E-state index in [0.29, 0.717) is 15.6 Å². The van der Waals surface area contributed by atoms with E-state index in [0.717, 1.165) is 10.2 Å². The van der Waals surface area contributed by atoms with E-state index < -0.39 is 6.61 Å². The van der Waals surface area contributed by atoms with Gasteiger partial charge in [-0.3, -0.25) is 0 Å². The van der Waals surface area contributed by atoms with Crippen molar-refractivity contribution in [2.24, 2.45) is 0 Å². The number of nitrogens with zero attached hydrogens (tertiary/aromatic N) is 1. The Morgan fingerprint density at radius 3 is 2.38 bits per heavy atom. The molecule has 4 nitrogen and oxygen atoms in total. The molecular formula is C18H14ClF2NO3S. The fraction of sp³-hybridized carbons (Fsp3) is 0.167. The molecule has 0 saturated carbocycles. The predicted molar refractivity (Wildman–Crippen MR) is 99.5 cm³/mol. The average Bonchev–Trinajstić information content (AvgIpc) is 3.06. The van der Waals surface area contributed by atoms with Crippen molar-refractivity contribution >= 4 is 44.3 Å². The number of hydrogen-bond acceptors (Lipinski definition) is 5. The molecule has 0 bridgehead atoms. The van der Waals surface area contributed by atoms with Gasteiger partial charge in [-0.1, -0.05) is 23.7 Å². The lowest BCUT2D eigenvalue weighted by Crippen LogP contribution is -2.05. The maximum absolute atomic E-state index is 12.6. The zero-order chi connectivity index (χ0) is 18.7. The van der Waals surface area contributed by atoms with Crippen LogP contribution in [0.5, 0.6) is 17.2 Å². The molecule has 0 spiro atoms. The number of para-hydroxylation sites is 1. The number of hydrogen-bond donors (Lipinski definition) is 0. The van der Waals surface area contributed by atoms with Crippen molar-refractivity contribution in [3.63, 3.8) is 0 Å². The highest BCUT2D eigenvalue weighted by molar-refractivity contribution is 7.20. The number of methoxy groups -OCH3 is 2. The van der Waals surface area contributed by atoms with Crippen molar-refractivity contribution in [1.82, 2.24) is 4.98 Å². The molecular weight excluding hydrogens is 384 g/mol. The highest BCUT2D eigenvalue weighted by Crippen LogP contribution is 2.41. The third-order valence-corrected chi connectivity index (χ3v) is 4.95. The molecule has 136 valence electrons.